The Kier molecular flexibility index (Phi) is 5.52. The minimum Gasteiger partial charge on any atom is -0.439 e. The molecule has 0 bridgehead atoms. The Morgan fingerprint density at radius 1 is 1.22 bits per heavy atom. The number of aromatic nitrogens is 3. The third-order valence-electron chi connectivity index (χ3n) is 4.17. The average Bonchev–Trinajstić information content (AvgIpc) is 3.04. The van der Waals surface area contributed by atoms with Crippen molar-refractivity contribution in [2.24, 2.45) is 7.05 Å². The molecule has 2 heterocycles. The van der Waals surface area contributed by atoms with E-state index >= 15 is 0 Å². The summed E-state index contributed by atoms with van der Waals surface area (Å²) in [4.78, 5) is 16.9. The van der Waals surface area contributed by atoms with Crippen molar-refractivity contribution in [2.45, 2.75) is 19.9 Å². The number of benzene rings is 1. The van der Waals surface area contributed by atoms with Crippen LogP contribution in [0.2, 0.25) is 0 Å². The molecule has 1 aromatic carbocycles. The van der Waals surface area contributed by atoms with Crippen molar-refractivity contribution in [3.05, 3.63) is 65.6 Å². The average molecular weight is 365 g/mol. The Morgan fingerprint density at radius 2 is 2.04 bits per heavy atom. The van der Waals surface area contributed by atoms with Crippen molar-refractivity contribution >= 4 is 11.6 Å². The van der Waals surface area contributed by atoms with Crippen LogP contribution in [0.5, 0.6) is 11.6 Å². The summed E-state index contributed by atoms with van der Waals surface area (Å²) in [5.41, 5.74) is 3.46. The van der Waals surface area contributed by atoms with Crippen molar-refractivity contribution < 1.29 is 9.53 Å². The van der Waals surface area contributed by atoms with E-state index in [2.05, 4.69) is 20.7 Å². The minimum atomic E-state index is -0.497. The Balaban J connectivity index is 1.78. The molecule has 7 heteroatoms. The van der Waals surface area contributed by atoms with Crippen molar-refractivity contribution in [1.82, 2.24) is 20.1 Å². The van der Waals surface area contributed by atoms with Crippen LogP contribution in [0.15, 0.2) is 48.9 Å². The van der Waals surface area contributed by atoms with E-state index in [1.165, 1.54) is 0 Å². The molecule has 0 aliphatic heterocycles. The van der Waals surface area contributed by atoms with Gasteiger partial charge in [-0.2, -0.15) is 5.10 Å². The van der Waals surface area contributed by atoms with E-state index in [1.807, 2.05) is 51.4 Å². The first kappa shape index (κ1) is 18.6. The van der Waals surface area contributed by atoms with Gasteiger partial charge in [0.15, 0.2) is 0 Å². The Bertz CT molecular complexity index is 951. The summed E-state index contributed by atoms with van der Waals surface area (Å²) in [6, 6.07) is 8.82. The lowest BCUT2D eigenvalue weighted by atomic mass is 10.1. The second-order valence-corrected chi connectivity index (χ2v) is 6.41. The summed E-state index contributed by atoms with van der Waals surface area (Å²) in [6.07, 6.45) is 5.19. The highest BCUT2D eigenvalue weighted by Crippen LogP contribution is 2.28. The number of amides is 1. The van der Waals surface area contributed by atoms with Crippen LogP contribution in [0.4, 0.5) is 5.69 Å². The number of hydrogen-bond acceptors (Lipinski definition) is 5. The standard InChI is InChI=1S/C20H23N5O2/c1-13-7-8-22-18(9-13)27-17-10-16(6-5-14(17)2)24-20(26)19(21-3)15-11-23-25(4)12-15/h5-12,19,21H,1-4H3,(H,24,26). The third kappa shape index (κ3) is 4.51. The number of hydrogen-bond donors (Lipinski definition) is 2. The number of aryl methyl sites for hydroxylation is 3. The molecular weight excluding hydrogens is 342 g/mol. The topological polar surface area (TPSA) is 81.1 Å². The summed E-state index contributed by atoms with van der Waals surface area (Å²) < 4.78 is 7.56. The number of anilines is 1. The first-order valence-corrected chi connectivity index (χ1v) is 8.64. The predicted octanol–water partition coefficient (Wildman–Crippen LogP) is 3.12. The molecule has 2 N–H and O–H groups in total. The van der Waals surface area contributed by atoms with Gasteiger partial charge in [-0.3, -0.25) is 9.48 Å². The fourth-order valence-corrected chi connectivity index (χ4v) is 2.72. The van der Waals surface area contributed by atoms with Gasteiger partial charge in [-0.25, -0.2) is 4.98 Å². The van der Waals surface area contributed by atoms with Gasteiger partial charge in [-0.05, 0) is 44.2 Å². The molecule has 1 amide bonds. The highest BCUT2D eigenvalue weighted by molar-refractivity contribution is 5.95. The normalized spacial score (nSPS) is 11.9. The predicted molar refractivity (Wildman–Crippen MR) is 104 cm³/mol. The molecular formula is C20H23N5O2. The number of nitrogens with zero attached hydrogens (tertiary/aromatic N) is 3. The SMILES string of the molecule is CNC(C(=O)Nc1ccc(C)c(Oc2cc(C)ccn2)c1)c1cnn(C)c1. The molecule has 0 saturated heterocycles. The van der Waals surface area contributed by atoms with Crippen molar-refractivity contribution in [1.29, 1.82) is 0 Å². The first-order valence-electron chi connectivity index (χ1n) is 8.64. The first-order chi connectivity index (χ1) is 13.0. The molecule has 0 aliphatic rings. The van der Waals surface area contributed by atoms with E-state index in [0.29, 0.717) is 17.3 Å². The van der Waals surface area contributed by atoms with E-state index in [-0.39, 0.29) is 5.91 Å². The molecule has 7 nitrogen and oxygen atoms in total. The molecule has 27 heavy (non-hydrogen) atoms. The van der Waals surface area contributed by atoms with Crippen LogP contribution < -0.4 is 15.4 Å². The Labute approximate surface area is 158 Å². The van der Waals surface area contributed by atoms with Gasteiger partial charge in [0.1, 0.15) is 11.8 Å². The molecule has 0 saturated carbocycles. The quantitative estimate of drug-likeness (QED) is 0.701. The zero-order chi connectivity index (χ0) is 19.4. The zero-order valence-corrected chi connectivity index (χ0v) is 15.9. The molecule has 1 unspecified atom stereocenters. The van der Waals surface area contributed by atoms with Crippen LogP contribution in [0.25, 0.3) is 0 Å². The van der Waals surface area contributed by atoms with Gasteiger partial charge in [0.05, 0.1) is 6.20 Å². The van der Waals surface area contributed by atoms with Gasteiger partial charge in [-0.15, -0.1) is 0 Å². The second-order valence-electron chi connectivity index (χ2n) is 6.41. The lowest BCUT2D eigenvalue weighted by Gasteiger charge is -2.16. The van der Waals surface area contributed by atoms with E-state index in [4.69, 9.17) is 4.74 Å². The zero-order valence-electron chi connectivity index (χ0n) is 15.9. The molecule has 0 aliphatic carbocycles. The number of rotatable bonds is 6. The number of nitrogens with one attached hydrogen (secondary N) is 2. The maximum absolute atomic E-state index is 12.7. The minimum absolute atomic E-state index is 0.172. The monoisotopic (exact) mass is 365 g/mol. The summed E-state index contributed by atoms with van der Waals surface area (Å²) >= 11 is 0. The van der Waals surface area contributed by atoms with Crippen LogP contribution >= 0.6 is 0 Å². The van der Waals surface area contributed by atoms with Crippen LogP contribution in [-0.2, 0) is 11.8 Å². The van der Waals surface area contributed by atoms with Crippen LogP contribution in [0.3, 0.4) is 0 Å². The van der Waals surface area contributed by atoms with Crippen molar-refractivity contribution in [3.63, 3.8) is 0 Å². The third-order valence-corrected chi connectivity index (χ3v) is 4.17. The maximum atomic E-state index is 12.7. The Morgan fingerprint density at radius 3 is 2.70 bits per heavy atom. The second kappa shape index (κ2) is 8.01. The lowest BCUT2D eigenvalue weighted by Crippen LogP contribution is -2.30. The van der Waals surface area contributed by atoms with Crippen LogP contribution in [0.1, 0.15) is 22.7 Å². The Hall–Kier alpha value is -3.19. The maximum Gasteiger partial charge on any atom is 0.246 e. The highest BCUT2D eigenvalue weighted by atomic mass is 16.5. The largest absolute Gasteiger partial charge is 0.439 e. The van der Waals surface area contributed by atoms with Crippen LogP contribution in [0, 0.1) is 13.8 Å². The fraction of sp³-hybridized carbons (Fsp3) is 0.250. The number of carbonyl (C=O) groups excluding carboxylic acids is 1. The molecule has 1 atom stereocenters. The van der Waals surface area contributed by atoms with Gasteiger partial charge >= 0.3 is 0 Å². The molecule has 3 rings (SSSR count). The van der Waals surface area contributed by atoms with Gasteiger partial charge < -0.3 is 15.4 Å². The highest BCUT2D eigenvalue weighted by Gasteiger charge is 2.20. The van der Waals surface area contributed by atoms with Gasteiger partial charge in [0, 0.05) is 42.8 Å². The molecule has 140 valence electrons. The molecule has 0 fully saturated rings. The molecule has 0 radical (unpaired) electrons. The summed E-state index contributed by atoms with van der Waals surface area (Å²) in [7, 11) is 3.56. The number of pyridine rings is 1. The van der Waals surface area contributed by atoms with Gasteiger partial charge in [0.2, 0.25) is 11.8 Å². The fourth-order valence-electron chi connectivity index (χ4n) is 2.72. The van der Waals surface area contributed by atoms with E-state index < -0.39 is 6.04 Å². The summed E-state index contributed by atoms with van der Waals surface area (Å²) in [6.45, 7) is 3.93. The van der Waals surface area contributed by atoms with E-state index in [9.17, 15) is 4.79 Å². The summed E-state index contributed by atoms with van der Waals surface area (Å²) in [5, 5.41) is 10.1. The lowest BCUT2D eigenvalue weighted by molar-refractivity contribution is -0.118. The van der Waals surface area contributed by atoms with Crippen LogP contribution in [-0.4, -0.2) is 27.7 Å². The number of likely N-dealkylation sites (N-methyl/N-ethyl adjacent to an activating group) is 1. The van der Waals surface area contributed by atoms with Gasteiger partial charge in [0.25, 0.3) is 0 Å². The number of ether oxygens (including phenoxy) is 1. The summed E-state index contributed by atoms with van der Waals surface area (Å²) in [5.74, 6) is 0.993. The number of carbonyl (C=O) groups is 1. The van der Waals surface area contributed by atoms with Crippen molar-refractivity contribution in [3.8, 4) is 11.6 Å². The van der Waals surface area contributed by atoms with Crippen molar-refractivity contribution in [2.75, 3.05) is 12.4 Å². The van der Waals surface area contributed by atoms with E-state index in [0.717, 1.165) is 16.7 Å². The van der Waals surface area contributed by atoms with Gasteiger partial charge in [-0.1, -0.05) is 6.07 Å². The smallest absolute Gasteiger partial charge is 0.246 e. The molecule has 3 aromatic rings. The van der Waals surface area contributed by atoms with E-state index in [1.54, 1.807) is 30.2 Å². The molecule has 0 spiro atoms. The molecule has 2 aromatic heterocycles.